The van der Waals surface area contributed by atoms with Gasteiger partial charge in [0.25, 0.3) is 0 Å². The van der Waals surface area contributed by atoms with Gasteiger partial charge in [0.1, 0.15) is 5.82 Å². The summed E-state index contributed by atoms with van der Waals surface area (Å²) in [7, 11) is 1.34. The SMILES string of the molecule is COC(=O)c1ccc(-c2ccc(C)c(F)c2)cc1. The van der Waals surface area contributed by atoms with Crippen LogP contribution in [0.2, 0.25) is 0 Å². The number of hydrogen-bond donors (Lipinski definition) is 0. The minimum Gasteiger partial charge on any atom is -0.465 e. The van der Waals surface area contributed by atoms with Crippen LogP contribution in [0, 0.1) is 12.7 Å². The standard InChI is InChI=1S/C15H13FO2/c1-10-3-4-13(9-14(10)16)11-5-7-12(8-6-11)15(17)18-2/h3-9H,1-2H3. The second-order valence-electron chi connectivity index (χ2n) is 4.03. The average Bonchev–Trinajstić information content (AvgIpc) is 2.41. The molecule has 0 spiro atoms. The van der Waals surface area contributed by atoms with Crippen molar-refractivity contribution in [1.29, 1.82) is 0 Å². The van der Waals surface area contributed by atoms with E-state index in [2.05, 4.69) is 4.74 Å². The molecule has 0 aliphatic heterocycles. The summed E-state index contributed by atoms with van der Waals surface area (Å²) >= 11 is 0. The maximum atomic E-state index is 13.5. The first-order valence-corrected chi connectivity index (χ1v) is 5.56. The first kappa shape index (κ1) is 12.3. The van der Waals surface area contributed by atoms with Gasteiger partial charge in [0.15, 0.2) is 0 Å². The zero-order valence-corrected chi connectivity index (χ0v) is 10.2. The molecule has 2 aromatic carbocycles. The van der Waals surface area contributed by atoms with Gasteiger partial charge in [0, 0.05) is 0 Å². The molecule has 2 rings (SSSR count). The molecule has 0 saturated carbocycles. The van der Waals surface area contributed by atoms with Gasteiger partial charge in [-0.25, -0.2) is 9.18 Å². The predicted molar refractivity (Wildman–Crippen MR) is 67.9 cm³/mol. The molecule has 0 radical (unpaired) electrons. The summed E-state index contributed by atoms with van der Waals surface area (Å²) in [5, 5.41) is 0. The van der Waals surface area contributed by atoms with Gasteiger partial charge in [-0.2, -0.15) is 0 Å². The van der Waals surface area contributed by atoms with Crippen LogP contribution in [0.25, 0.3) is 11.1 Å². The van der Waals surface area contributed by atoms with Crippen LogP contribution in [0.4, 0.5) is 4.39 Å². The van der Waals surface area contributed by atoms with Crippen LogP contribution < -0.4 is 0 Å². The Labute approximate surface area is 105 Å². The lowest BCUT2D eigenvalue weighted by Crippen LogP contribution is -2.00. The van der Waals surface area contributed by atoms with E-state index in [-0.39, 0.29) is 11.8 Å². The number of methoxy groups -OCH3 is 1. The van der Waals surface area contributed by atoms with Crippen LogP contribution in [0.3, 0.4) is 0 Å². The number of aryl methyl sites for hydroxylation is 1. The van der Waals surface area contributed by atoms with E-state index in [9.17, 15) is 9.18 Å². The van der Waals surface area contributed by atoms with Crippen molar-refractivity contribution in [1.82, 2.24) is 0 Å². The number of carbonyl (C=O) groups excluding carboxylic acids is 1. The maximum Gasteiger partial charge on any atom is 0.337 e. The normalized spacial score (nSPS) is 10.2. The molecule has 0 atom stereocenters. The van der Waals surface area contributed by atoms with Crippen molar-refractivity contribution < 1.29 is 13.9 Å². The molecule has 0 aliphatic carbocycles. The summed E-state index contributed by atoms with van der Waals surface area (Å²) in [5.41, 5.74) is 2.75. The number of esters is 1. The highest BCUT2D eigenvalue weighted by Crippen LogP contribution is 2.22. The summed E-state index contributed by atoms with van der Waals surface area (Å²) in [5.74, 6) is -0.610. The lowest BCUT2D eigenvalue weighted by molar-refractivity contribution is 0.0601. The molecule has 0 bridgehead atoms. The summed E-state index contributed by atoms with van der Waals surface area (Å²) in [4.78, 5) is 11.3. The number of rotatable bonds is 2. The molecular formula is C15H13FO2. The first-order chi connectivity index (χ1) is 8.61. The van der Waals surface area contributed by atoms with Crippen molar-refractivity contribution >= 4 is 5.97 Å². The zero-order chi connectivity index (χ0) is 13.1. The Morgan fingerprint density at radius 3 is 2.22 bits per heavy atom. The van der Waals surface area contributed by atoms with Crippen LogP contribution in [-0.2, 0) is 4.74 Å². The summed E-state index contributed by atoms with van der Waals surface area (Å²) < 4.78 is 18.1. The number of hydrogen-bond acceptors (Lipinski definition) is 2. The second kappa shape index (κ2) is 5.00. The topological polar surface area (TPSA) is 26.3 Å². The molecule has 0 heterocycles. The third kappa shape index (κ3) is 2.40. The van der Waals surface area contributed by atoms with Gasteiger partial charge in [-0.3, -0.25) is 0 Å². The molecule has 0 N–H and O–H groups in total. The third-order valence-corrected chi connectivity index (χ3v) is 2.81. The van der Waals surface area contributed by atoms with Gasteiger partial charge in [-0.15, -0.1) is 0 Å². The molecule has 2 nitrogen and oxygen atoms in total. The minimum absolute atomic E-state index is 0.232. The highest BCUT2D eigenvalue weighted by atomic mass is 19.1. The van der Waals surface area contributed by atoms with E-state index in [1.54, 1.807) is 37.3 Å². The number of carbonyl (C=O) groups is 1. The van der Waals surface area contributed by atoms with E-state index in [1.807, 2.05) is 6.07 Å². The molecule has 0 saturated heterocycles. The lowest BCUT2D eigenvalue weighted by Gasteiger charge is -2.05. The molecule has 0 unspecified atom stereocenters. The van der Waals surface area contributed by atoms with Crippen LogP contribution in [0.5, 0.6) is 0 Å². The Morgan fingerprint density at radius 1 is 1.06 bits per heavy atom. The van der Waals surface area contributed by atoms with E-state index in [4.69, 9.17) is 0 Å². The summed E-state index contributed by atoms with van der Waals surface area (Å²) in [6, 6.07) is 12.0. The van der Waals surface area contributed by atoms with E-state index < -0.39 is 0 Å². The van der Waals surface area contributed by atoms with Crippen LogP contribution in [0.1, 0.15) is 15.9 Å². The van der Waals surface area contributed by atoms with Crippen molar-refractivity contribution in [2.75, 3.05) is 7.11 Å². The quantitative estimate of drug-likeness (QED) is 0.755. The number of benzene rings is 2. The largest absolute Gasteiger partial charge is 0.465 e. The average molecular weight is 244 g/mol. The lowest BCUT2D eigenvalue weighted by atomic mass is 10.0. The monoisotopic (exact) mass is 244 g/mol. The van der Waals surface area contributed by atoms with Crippen LogP contribution >= 0.6 is 0 Å². The first-order valence-electron chi connectivity index (χ1n) is 5.56. The van der Waals surface area contributed by atoms with Crippen molar-refractivity contribution in [2.45, 2.75) is 6.92 Å². The van der Waals surface area contributed by atoms with Gasteiger partial charge >= 0.3 is 5.97 Å². The minimum atomic E-state index is -0.378. The Balaban J connectivity index is 2.34. The third-order valence-electron chi connectivity index (χ3n) is 2.81. The van der Waals surface area contributed by atoms with Gasteiger partial charge < -0.3 is 4.74 Å². The van der Waals surface area contributed by atoms with Gasteiger partial charge in [-0.1, -0.05) is 24.3 Å². The van der Waals surface area contributed by atoms with Crippen molar-refractivity contribution in [3.63, 3.8) is 0 Å². The van der Waals surface area contributed by atoms with Gasteiger partial charge in [0.05, 0.1) is 12.7 Å². The van der Waals surface area contributed by atoms with E-state index in [0.29, 0.717) is 11.1 Å². The molecule has 0 aliphatic rings. The Hall–Kier alpha value is -2.16. The van der Waals surface area contributed by atoms with Crippen molar-refractivity contribution in [3.05, 3.63) is 59.4 Å². The fraction of sp³-hybridized carbons (Fsp3) is 0.133. The smallest absolute Gasteiger partial charge is 0.337 e. The number of halogens is 1. The predicted octanol–water partition coefficient (Wildman–Crippen LogP) is 3.59. The summed E-state index contributed by atoms with van der Waals surface area (Å²) in [6.07, 6.45) is 0. The highest BCUT2D eigenvalue weighted by Gasteiger charge is 2.06. The summed E-state index contributed by atoms with van der Waals surface area (Å²) in [6.45, 7) is 1.72. The Morgan fingerprint density at radius 2 is 1.67 bits per heavy atom. The van der Waals surface area contributed by atoms with Crippen LogP contribution in [-0.4, -0.2) is 13.1 Å². The highest BCUT2D eigenvalue weighted by molar-refractivity contribution is 5.89. The zero-order valence-electron chi connectivity index (χ0n) is 10.2. The molecule has 0 fully saturated rings. The van der Waals surface area contributed by atoms with Crippen LogP contribution in [0.15, 0.2) is 42.5 Å². The Kier molecular flexibility index (Phi) is 3.42. The second-order valence-corrected chi connectivity index (χ2v) is 4.03. The van der Waals surface area contributed by atoms with Crippen molar-refractivity contribution in [2.24, 2.45) is 0 Å². The Bertz CT molecular complexity index is 574. The van der Waals surface area contributed by atoms with Crippen molar-refractivity contribution in [3.8, 4) is 11.1 Å². The molecule has 0 aromatic heterocycles. The molecule has 92 valence electrons. The molecule has 3 heteroatoms. The molecule has 18 heavy (non-hydrogen) atoms. The van der Waals surface area contributed by atoms with Gasteiger partial charge in [-0.05, 0) is 41.8 Å². The van der Waals surface area contributed by atoms with E-state index in [1.165, 1.54) is 13.2 Å². The molecular weight excluding hydrogens is 231 g/mol. The van der Waals surface area contributed by atoms with E-state index >= 15 is 0 Å². The van der Waals surface area contributed by atoms with E-state index in [0.717, 1.165) is 11.1 Å². The number of ether oxygens (including phenoxy) is 1. The van der Waals surface area contributed by atoms with Gasteiger partial charge in [0.2, 0.25) is 0 Å². The fourth-order valence-electron chi connectivity index (χ4n) is 1.69. The molecule has 0 amide bonds. The maximum absolute atomic E-state index is 13.5. The fourth-order valence-corrected chi connectivity index (χ4v) is 1.69. The molecule has 2 aromatic rings.